The molecular formula is C24H39N3O4S. The Balaban J connectivity index is 3.39. The molecule has 3 amide bonds. The molecule has 0 aliphatic rings. The van der Waals surface area contributed by atoms with E-state index in [1.807, 2.05) is 58.9 Å². The van der Waals surface area contributed by atoms with E-state index in [0.717, 1.165) is 5.56 Å². The Labute approximate surface area is 198 Å². The summed E-state index contributed by atoms with van der Waals surface area (Å²) in [7, 11) is 0. The van der Waals surface area contributed by atoms with Crippen LogP contribution in [0.2, 0.25) is 0 Å². The number of benzene rings is 1. The summed E-state index contributed by atoms with van der Waals surface area (Å²) in [6.45, 7) is 14.8. The zero-order valence-electron chi connectivity index (χ0n) is 20.6. The smallest absolute Gasteiger partial charge is 0.408 e. The minimum absolute atomic E-state index is 0.0669. The number of nitrogens with one attached hydrogen (secondary N) is 2. The van der Waals surface area contributed by atoms with Gasteiger partial charge in [-0.2, -0.15) is 12.6 Å². The Bertz CT molecular complexity index is 774. The van der Waals surface area contributed by atoms with Gasteiger partial charge in [-0.25, -0.2) is 4.79 Å². The first-order valence-corrected chi connectivity index (χ1v) is 11.7. The van der Waals surface area contributed by atoms with Gasteiger partial charge in [-0.3, -0.25) is 9.59 Å². The summed E-state index contributed by atoms with van der Waals surface area (Å²) in [5, 5.41) is 5.55. The molecule has 0 saturated heterocycles. The third kappa shape index (κ3) is 8.37. The van der Waals surface area contributed by atoms with Gasteiger partial charge in [0.05, 0.1) is 0 Å². The minimum atomic E-state index is -0.943. The second-order valence-electron chi connectivity index (χ2n) is 9.36. The van der Waals surface area contributed by atoms with Crippen molar-refractivity contribution in [1.82, 2.24) is 15.5 Å². The first-order valence-electron chi connectivity index (χ1n) is 11.1. The van der Waals surface area contributed by atoms with E-state index in [2.05, 4.69) is 23.3 Å². The number of ether oxygens (including phenoxy) is 1. The number of carbonyl (C=O) groups excluding carboxylic acids is 3. The van der Waals surface area contributed by atoms with Crippen LogP contribution in [0.15, 0.2) is 24.3 Å². The molecule has 0 spiro atoms. The lowest BCUT2D eigenvalue weighted by atomic mass is 9.99. The Morgan fingerprint density at radius 3 is 2.06 bits per heavy atom. The third-order valence-electron chi connectivity index (χ3n) is 4.84. The van der Waals surface area contributed by atoms with Crippen molar-refractivity contribution in [1.29, 1.82) is 0 Å². The molecule has 0 heterocycles. The first kappa shape index (κ1) is 27.8. The van der Waals surface area contributed by atoms with Gasteiger partial charge in [0.1, 0.15) is 17.7 Å². The fourth-order valence-corrected chi connectivity index (χ4v) is 3.41. The summed E-state index contributed by atoms with van der Waals surface area (Å²) in [5.74, 6) is -0.588. The van der Waals surface area contributed by atoms with Gasteiger partial charge in [0.2, 0.25) is 11.8 Å². The maximum absolute atomic E-state index is 13.7. The number of thiol groups is 1. The van der Waals surface area contributed by atoms with Crippen LogP contribution in [0.5, 0.6) is 0 Å². The van der Waals surface area contributed by atoms with Crippen molar-refractivity contribution in [2.45, 2.75) is 91.6 Å². The molecule has 0 bridgehead atoms. The molecule has 0 saturated carbocycles. The zero-order valence-corrected chi connectivity index (χ0v) is 21.5. The summed E-state index contributed by atoms with van der Waals surface area (Å²) in [5.41, 5.74) is 1.06. The molecule has 0 aliphatic heterocycles. The second-order valence-corrected chi connectivity index (χ2v) is 9.73. The molecule has 0 fully saturated rings. The third-order valence-corrected chi connectivity index (χ3v) is 5.21. The molecule has 1 aromatic rings. The van der Waals surface area contributed by atoms with E-state index in [9.17, 15) is 14.4 Å². The summed E-state index contributed by atoms with van der Waals surface area (Å²) in [6.07, 6.45) is -0.0677. The van der Waals surface area contributed by atoms with E-state index in [-0.39, 0.29) is 29.7 Å². The van der Waals surface area contributed by atoms with Gasteiger partial charge in [0.15, 0.2) is 0 Å². The number of hydrogen-bond donors (Lipinski definition) is 3. The summed E-state index contributed by atoms with van der Waals surface area (Å²) in [6, 6.07) is 5.42. The number of hydrogen-bond acceptors (Lipinski definition) is 5. The van der Waals surface area contributed by atoms with Crippen LogP contribution in [-0.2, 0) is 14.3 Å². The van der Waals surface area contributed by atoms with E-state index in [0.29, 0.717) is 12.0 Å². The molecule has 180 valence electrons. The van der Waals surface area contributed by atoms with Crippen molar-refractivity contribution >= 4 is 30.5 Å². The van der Waals surface area contributed by atoms with Gasteiger partial charge in [-0.05, 0) is 60.5 Å². The molecule has 32 heavy (non-hydrogen) atoms. The number of amides is 3. The fourth-order valence-electron chi connectivity index (χ4n) is 3.16. The molecule has 7 nitrogen and oxygen atoms in total. The lowest BCUT2D eigenvalue weighted by Gasteiger charge is -2.38. The van der Waals surface area contributed by atoms with Crippen molar-refractivity contribution in [3.8, 4) is 0 Å². The number of carbonyl (C=O) groups is 3. The van der Waals surface area contributed by atoms with Crippen molar-refractivity contribution in [2.24, 2.45) is 0 Å². The topological polar surface area (TPSA) is 87.7 Å². The van der Waals surface area contributed by atoms with E-state index in [1.54, 1.807) is 25.7 Å². The highest BCUT2D eigenvalue weighted by Crippen LogP contribution is 2.27. The van der Waals surface area contributed by atoms with E-state index < -0.39 is 23.8 Å². The summed E-state index contributed by atoms with van der Waals surface area (Å²) < 4.78 is 5.31. The lowest BCUT2D eigenvalue weighted by Crippen LogP contribution is -2.56. The number of rotatable bonds is 9. The van der Waals surface area contributed by atoms with E-state index >= 15 is 0 Å². The standard InChI is InChI=1S/C24H39N3O4S/c1-9-17(5)27(22(29)19(14-32)26-23(30)31-24(6,7)8)20(21(28)25-15(2)3)18-12-10-16(4)11-13-18/h10-13,15,17,19-20,32H,9,14H2,1-8H3,(H,25,28)(H,26,30). The van der Waals surface area contributed by atoms with Gasteiger partial charge in [0, 0.05) is 17.8 Å². The Hall–Kier alpha value is -2.22. The molecule has 0 aliphatic carbocycles. The van der Waals surface area contributed by atoms with E-state index in [4.69, 9.17) is 4.74 Å². The van der Waals surface area contributed by atoms with Crippen LogP contribution in [0.25, 0.3) is 0 Å². The number of alkyl carbamates (subject to hydrolysis) is 1. The van der Waals surface area contributed by atoms with Crippen molar-refractivity contribution in [3.05, 3.63) is 35.4 Å². The van der Waals surface area contributed by atoms with Crippen molar-refractivity contribution < 1.29 is 19.1 Å². The molecule has 1 aromatic carbocycles. The normalized spacial score (nSPS) is 14.3. The Kier molecular flexibility index (Phi) is 10.5. The quantitative estimate of drug-likeness (QED) is 0.481. The van der Waals surface area contributed by atoms with Gasteiger partial charge in [-0.15, -0.1) is 0 Å². The fraction of sp³-hybridized carbons (Fsp3) is 0.625. The highest BCUT2D eigenvalue weighted by molar-refractivity contribution is 7.80. The molecule has 0 radical (unpaired) electrons. The Morgan fingerprint density at radius 1 is 1.06 bits per heavy atom. The molecule has 8 heteroatoms. The van der Waals surface area contributed by atoms with Crippen LogP contribution in [-0.4, -0.2) is 52.3 Å². The van der Waals surface area contributed by atoms with Gasteiger partial charge < -0.3 is 20.3 Å². The Morgan fingerprint density at radius 2 is 1.62 bits per heavy atom. The minimum Gasteiger partial charge on any atom is -0.444 e. The predicted molar refractivity (Wildman–Crippen MR) is 131 cm³/mol. The van der Waals surface area contributed by atoms with Crippen LogP contribution in [0.4, 0.5) is 4.79 Å². The highest BCUT2D eigenvalue weighted by Gasteiger charge is 2.38. The summed E-state index contributed by atoms with van der Waals surface area (Å²) in [4.78, 5) is 40.9. The van der Waals surface area contributed by atoms with Crippen molar-refractivity contribution in [2.75, 3.05) is 5.75 Å². The molecular weight excluding hydrogens is 426 g/mol. The number of nitrogens with zero attached hydrogens (tertiary/aromatic N) is 1. The molecule has 0 aromatic heterocycles. The largest absolute Gasteiger partial charge is 0.444 e. The lowest BCUT2D eigenvalue weighted by molar-refractivity contribution is -0.144. The molecule has 3 atom stereocenters. The monoisotopic (exact) mass is 465 g/mol. The van der Waals surface area contributed by atoms with Crippen LogP contribution < -0.4 is 10.6 Å². The first-order chi connectivity index (χ1) is 14.8. The maximum Gasteiger partial charge on any atom is 0.408 e. The number of aryl methyl sites for hydroxylation is 1. The van der Waals surface area contributed by atoms with Crippen LogP contribution in [0.1, 0.15) is 72.1 Å². The SMILES string of the molecule is CCC(C)N(C(=O)C(CS)NC(=O)OC(C)(C)C)C(C(=O)NC(C)C)c1ccc(C)cc1. The van der Waals surface area contributed by atoms with E-state index in [1.165, 1.54) is 0 Å². The average molecular weight is 466 g/mol. The molecule has 2 N–H and O–H groups in total. The zero-order chi connectivity index (χ0) is 24.6. The molecule has 1 rings (SSSR count). The highest BCUT2D eigenvalue weighted by atomic mass is 32.1. The van der Waals surface area contributed by atoms with Crippen LogP contribution >= 0.6 is 12.6 Å². The maximum atomic E-state index is 13.7. The predicted octanol–water partition coefficient (Wildman–Crippen LogP) is 4.01. The van der Waals surface area contributed by atoms with Crippen LogP contribution in [0.3, 0.4) is 0 Å². The molecule has 3 unspecified atom stereocenters. The van der Waals surface area contributed by atoms with Crippen LogP contribution in [0, 0.1) is 6.92 Å². The second kappa shape index (κ2) is 12.1. The average Bonchev–Trinajstić information content (AvgIpc) is 2.68. The van der Waals surface area contributed by atoms with Gasteiger partial charge in [0.25, 0.3) is 0 Å². The van der Waals surface area contributed by atoms with Crippen molar-refractivity contribution in [3.63, 3.8) is 0 Å². The van der Waals surface area contributed by atoms with Gasteiger partial charge >= 0.3 is 6.09 Å². The summed E-state index contributed by atoms with van der Waals surface area (Å²) >= 11 is 4.29. The van der Waals surface area contributed by atoms with Gasteiger partial charge in [-0.1, -0.05) is 36.8 Å².